The molecule has 0 unspecified atom stereocenters. The molecule has 2 heterocycles. The van der Waals surface area contributed by atoms with E-state index in [1.807, 2.05) is 0 Å². The van der Waals surface area contributed by atoms with Gasteiger partial charge in [0.25, 0.3) is 5.91 Å². The van der Waals surface area contributed by atoms with E-state index in [1.165, 1.54) is 24.1 Å². The fourth-order valence-electron chi connectivity index (χ4n) is 4.09. The molecule has 0 aliphatic carbocycles. The summed E-state index contributed by atoms with van der Waals surface area (Å²) in [5, 5.41) is 7.84. The molecule has 1 fully saturated rings. The number of carbonyl (C=O) groups excluding carboxylic acids is 2. The molecule has 12 heteroatoms. The lowest BCUT2D eigenvalue weighted by Gasteiger charge is -2.38. The first-order valence-corrected chi connectivity index (χ1v) is 16.6. The van der Waals surface area contributed by atoms with Crippen molar-refractivity contribution in [1.29, 1.82) is 0 Å². The first-order chi connectivity index (χ1) is 19.3. The van der Waals surface area contributed by atoms with E-state index < -0.39 is 14.3 Å². The Labute approximate surface area is 243 Å². The Morgan fingerprint density at radius 1 is 1.24 bits per heavy atom. The van der Waals surface area contributed by atoms with Crippen LogP contribution in [0.25, 0.3) is 0 Å². The standard InChI is InChI=1S/C29H43N5O6Si/c1-9-12-39-28(36)24-18-33(32-31-24)11-10-13-38-26-16-23(30)22(15-25(26)37-6)27(35)34-17-20(2)14-21(34)19-40-41(7,8)29(3,4)5/h9,15-16,18,21H,1-2,10-14,17,19,30H2,3-8H3/t21-/m0/s1. The number of methoxy groups -OCH3 is 1. The van der Waals surface area contributed by atoms with Crippen LogP contribution in [0.4, 0.5) is 5.69 Å². The summed E-state index contributed by atoms with van der Waals surface area (Å²) in [6, 6.07) is 3.13. The Hall–Kier alpha value is -3.64. The van der Waals surface area contributed by atoms with Crippen LogP contribution >= 0.6 is 0 Å². The van der Waals surface area contributed by atoms with Gasteiger partial charge in [-0.3, -0.25) is 9.48 Å². The zero-order valence-electron chi connectivity index (χ0n) is 25.1. The largest absolute Gasteiger partial charge is 0.493 e. The van der Waals surface area contributed by atoms with Crippen LogP contribution in [-0.4, -0.2) is 79.6 Å². The molecule has 1 aromatic carbocycles. The number of likely N-dealkylation sites (tertiary alicyclic amines) is 1. The summed E-state index contributed by atoms with van der Waals surface area (Å²) < 4.78 is 24.4. The number of ether oxygens (including phenoxy) is 3. The highest BCUT2D eigenvalue weighted by Crippen LogP contribution is 2.38. The van der Waals surface area contributed by atoms with Gasteiger partial charge in [0.2, 0.25) is 0 Å². The van der Waals surface area contributed by atoms with Crippen molar-refractivity contribution in [3.8, 4) is 11.5 Å². The molecule has 2 aromatic rings. The Morgan fingerprint density at radius 2 is 1.98 bits per heavy atom. The van der Waals surface area contributed by atoms with Gasteiger partial charge in [0, 0.05) is 31.3 Å². The molecular formula is C29H43N5O6Si. The van der Waals surface area contributed by atoms with Crippen LogP contribution in [0.5, 0.6) is 11.5 Å². The van der Waals surface area contributed by atoms with Gasteiger partial charge in [-0.05, 0) is 30.6 Å². The predicted molar refractivity (Wildman–Crippen MR) is 160 cm³/mol. The summed E-state index contributed by atoms with van der Waals surface area (Å²) >= 11 is 0. The molecule has 0 bridgehead atoms. The number of aromatic nitrogens is 3. The van der Waals surface area contributed by atoms with Gasteiger partial charge in [-0.2, -0.15) is 0 Å². The number of hydrogen-bond acceptors (Lipinski definition) is 9. The van der Waals surface area contributed by atoms with Crippen molar-refractivity contribution in [2.75, 3.05) is 39.2 Å². The summed E-state index contributed by atoms with van der Waals surface area (Å²) in [6.45, 7) is 20.4. The van der Waals surface area contributed by atoms with Crippen LogP contribution in [0.2, 0.25) is 18.1 Å². The van der Waals surface area contributed by atoms with Gasteiger partial charge < -0.3 is 29.3 Å². The lowest BCUT2D eigenvalue weighted by molar-refractivity contribution is 0.0542. The highest BCUT2D eigenvalue weighted by molar-refractivity contribution is 6.74. The molecule has 11 nitrogen and oxygen atoms in total. The Bertz CT molecular complexity index is 1270. The topological polar surface area (TPSA) is 131 Å². The molecule has 1 atom stereocenters. The molecule has 1 aliphatic heterocycles. The molecule has 1 saturated heterocycles. The van der Waals surface area contributed by atoms with Crippen LogP contribution in [-0.2, 0) is 15.7 Å². The van der Waals surface area contributed by atoms with Crippen molar-refractivity contribution in [2.45, 2.75) is 64.3 Å². The molecule has 224 valence electrons. The van der Waals surface area contributed by atoms with E-state index in [1.54, 1.807) is 17.0 Å². The summed E-state index contributed by atoms with van der Waals surface area (Å²) in [7, 11) is -0.463. The quantitative estimate of drug-likeness (QED) is 0.119. The third kappa shape index (κ3) is 7.98. The molecule has 1 amide bonds. The van der Waals surface area contributed by atoms with E-state index in [-0.39, 0.29) is 29.3 Å². The smallest absolute Gasteiger partial charge is 0.360 e. The molecule has 41 heavy (non-hydrogen) atoms. The molecule has 1 aliphatic rings. The van der Waals surface area contributed by atoms with Crippen molar-refractivity contribution in [2.24, 2.45) is 0 Å². The molecule has 0 radical (unpaired) electrons. The van der Waals surface area contributed by atoms with Gasteiger partial charge >= 0.3 is 5.97 Å². The van der Waals surface area contributed by atoms with Crippen molar-refractivity contribution in [3.05, 3.63) is 54.4 Å². The number of carbonyl (C=O) groups is 2. The number of amides is 1. The highest BCUT2D eigenvalue weighted by Gasteiger charge is 2.40. The first kappa shape index (κ1) is 31.9. The van der Waals surface area contributed by atoms with Crippen LogP contribution in [0.3, 0.4) is 0 Å². The second-order valence-electron chi connectivity index (χ2n) is 11.7. The average Bonchev–Trinajstić information content (AvgIpc) is 3.54. The number of nitrogen functional groups attached to an aromatic ring is 1. The maximum Gasteiger partial charge on any atom is 0.360 e. The van der Waals surface area contributed by atoms with Gasteiger partial charge in [0.15, 0.2) is 25.5 Å². The predicted octanol–water partition coefficient (Wildman–Crippen LogP) is 4.47. The number of benzene rings is 1. The Balaban J connectivity index is 1.63. The number of esters is 1. The molecule has 2 N–H and O–H groups in total. The van der Waals surface area contributed by atoms with Gasteiger partial charge in [-0.15, -0.1) is 5.10 Å². The minimum Gasteiger partial charge on any atom is -0.493 e. The molecule has 3 rings (SSSR count). The second-order valence-corrected chi connectivity index (χ2v) is 16.5. The minimum atomic E-state index is -1.98. The van der Waals surface area contributed by atoms with E-state index in [0.29, 0.717) is 61.9 Å². The van der Waals surface area contributed by atoms with Crippen LogP contribution < -0.4 is 15.2 Å². The van der Waals surface area contributed by atoms with E-state index in [2.05, 4.69) is 57.3 Å². The summed E-state index contributed by atoms with van der Waals surface area (Å²) in [5.74, 6) is 0.0819. The Kier molecular flexibility index (Phi) is 10.4. The van der Waals surface area contributed by atoms with Crippen molar-refractivity contribution in [1.82, 2.24) is 19.9 Å². The van der Waals surface area contributed by atoms with Crippen molar-refractivity contribution >= 4 is 25.9 Å². The SMILES string of the molecule is C=CCOC(=O)c1cn(CCCOc2cc(N)c(C(=O)N3CC(=C)C[C@H]3CO[Si](C)(C)C(C)(C)C)cc2OC)nn1. The monoisotopic (exact) mass is 585 g/mol. The van der Waals surface area contributed by atoms with Crippen molar-refractivity contribution in [3.63, 3.8) is 0 Å². The fourth-order valence-corrected chi connectivity index (χ4v) is 5.13. The number of nitrogens with two attached hydrogens (primary N) is 1. The zero-order valence-corrected chi connectivity index (χ0v) is 26.1. The number of anilines is 1. The Morgan fingerprint density at radius 3 is 2.63 bits per heavy atom. The van der Waals surface area contributed by atoms with Gasteiger partial charge in [-0.1, -0.05) is 50.8 Å². The number of hydrogen-bond donors (Lipinski definition) is 1. The lowest BCUT2D eigenvalue weighted by atomic mass is 10.1. The van der Waals surface area contributed by atoms with Crippen LogP contribution in [0.15, 0.2) is 43.1 Å². The number of nitrogens with zero attached hydrogens (tertiary/aromatic N) is 4. The first-order valence-electron chi connectivity index (χ1n) is 13.7. The fraction of sp³-hybridized carbons (Fsp3) is 0.517. The van der Waals surface area contributed by atoms with E-state index >= 15 is 0 Å². The van der Waals surface area contributed by atoms with E-state index in [9.17, 15) is 9.59 Å². The maximum absolute atomic E-state index is 13.7. The summed E-state index contributed by atoms with van der Waals surface area (Å²) in [4.78, 5) is 27.3. The van der Waals surface area contributed by atoms with Gasteiger partial charge in [-0.25, -0.2) is 4.79 Å². The minimum absolute atomic E-state index is 0.0720. The molecule has 1 aromatic heterocycles. The van der Waals surface area contributed by atoms with Crippen molar-refractivity contribution < 1.29 is 28.2 Å². The summed E-state index contributed by atoms with van der Waals surface area (Å²) in [5.41, 5.74) is 8.11. The second kappa shape index (κ2) is 13.3. The highest BCUT2D eigenvalue weighted by atomic mass is 28.4. The van der Waals surface area contributed by atoms with E-state index in [4.69, 9.17) is 24.4 Å². The average molecular weight is 586 g/mol. The van der Waals surface area contributed by atoms with Crippen LogP contribution in [0, 0.1) is 0 Å². The van der Waals surface area contributed by atoms with Gasteiger partial charge in [0.1, 0.15) is 6.61 Å². The molecule has 0 saturated carbocycles. The number of aryl methyl sites for hydroxylation is 1. The molecule has 0 spiro atoms. The maximum atomic E-state index is 13.7. The normalized spacial score (nSPS) is 15.6. The zero-order chi connectivity index (χ0) is 30.4. The molecular weight excluding hydrogens is 542 g/mol. The third-order valence-electron chi connectivity index (χ3n) is 7.50. The summed E-state index contributed by atoms with van der Waals surface area (Å²) in [6.07, 6.45) is 4.26. The van der Waals surface area contributed by atoms with Crippen LogP contribution in [0.1, 0.15) is 54.5 Å². The lowest BCUT2D eigenvalue weighted by Crippen LogP contribution is -2.46. The van der Waals surface area contributed by atoms with Gasteiger partial charge in [0.05, 0.1) is 38.1 Å². The number of rotatable bonds is 13. The van der Waals surface area contributed by atoms with E-state index in [0.717, 1.165) is 5.57 Å². The third-order valence-corrected chi connectivity index (χ3v) is 12.0.